The topological polar surface area (TPSA) is 141 Å². The maximum absolute atomic E-state index is 13.1. The number of rotatable bonds is 5. The molecule has 2 heterocycles. The summed E-state index contributed by atoms with van der Waals surface area (Å²) < 4.78 is 5.30. The number of hydrogen-bond acceptors (Lipinski definition) is 9. The Morgan fingerprint density at radius 3 is 2.58 bits per heavy atom. The Kier molecular flexibility index (Phi) is 5.87. The Balaban J connectivity index is 1.43. The maximum Gasteiger partial charge on any atom is 0.304 e. The van der Waals surface area contributed by atoms with E-state index in [4.69, 9.17) is 4.74 Å². The molecule has 1 aliphatic heterocycles. The number of aromatic amines is 1. The molecule has 180 valence electrons. The number of hydrazone groups is 2. The molecule has 3 N–H and O–H groups in total. The van der Waals surface area contributed by atoms with Crippen molar-refractivity contribution in [3.8, 4) is 28.3 Å². The van der Waals surface area contributed by atoms with Gasteiger partial charge in [-0.3, -0.25) is 10.2 Å². The molecule has 0 atom stereocenters. The van der Waals surface area contributed by atoms with Crippen LogP contribution >= 0.6 is 0 Å². The van der Waals surface area contributed by atoms with Crippen molar-refractivity contribution >= 4 is 28.9 Å². The van der Waals surface area contributed by atoms with Crippen LogP contribution in [0.5, 0.6) is 5.75 Å². The molecule has 5 rings (SSSR count). The number of hydrogen-bond donors (Lipinski definition) is 3. The van der Waals surface area contributed by atoms with E-state index in [1.807, 2.05) is 56.3 Å². The molecule has 0 saturated carbocycles. The first-order chi connectivity index (χ1) is 17.5. The molecule has 0 radical (unpaired) electrons. The number of aromatic nitrogens is 4. The number of para-hydroxylation sites is 1. The molecule has 0 fully saturated rings. The second-order valence-electron chi connectivity index (χ2n) is 8.10. The number of carbonyl (C=O) groups excluding carboxylic acids is 1. The van der Waals surface area contributed by atoms with Crippen molar-refractivity contribution in [2.75, 3.05) is 17.5 Å². The summed E-state index contributed by atoms with van der Waals surface area (Å²) in [6.45, 7) is 3.96. The fourth-order valence-corrected chi connectivity index (χ4v) is 3.74. The molecule has 1 aromatic heterocycles. The van der Waals surface area contributed by atoms with Crippen molar-refractivity contribution in [1.82, 2.24) is 20.6 Å². The summed E-state index contributed by atoms with van der Waals surface area (Å²) in [6, 6.07) is 18.2. The zero-order chi connectivity index (χ0) is 25.2. The monoisotopic (exact) mass is 482 g/mol. The highest BCUT2D eigenvalue weighted by Crippen LogP contribution is 2.36. The van der Waals surface area contributed by atoms with Crippen LogP contribution < -0.4 is 10.4 Å². The predicted molar refractivity (Wildman–Crippen MR) is 136 cm³/mol. The fraction of sp³-hybridized carbons (Fsp3) is 0.120. The summed E-state index contributed by atoms with van der Waals surface area (Å²) in [6.07, 6.45) is 0. The zero-order valence-corrected chi connectivity index (χ0v) is 19.7. The van der Waals surface area contributed by atoms with Crippen LogP contribution in [-0.4, -0.2) is 50.4 Å². The van der Waals surface area contributed by atoms with Crippen molar-refractivity contribution in [2.24, 2.45) is 10.2 Å². The number of phenolic OH excluding ortho intramolecular Hbond substituents is 1. The molecule has 1 amide bonds. The molecule has 0 spiro atoms. The van der Waals surface area contributed by atoms with E-state index < -0.39 is 5.91 Å². The van der Waals surface area contributed by atoms with Gasteiger partial charge in [0, 0.05) is 11.1 Å². The number of aromatic hydroxyl groups is 1. The van der Waals surface area contributed by atoms with Gasteiger partial charge in [0.2, 0.25) is 5.71 Å². The lowest BCUT2D eigenvalue weighted by Crippen LogP contribution is -2.29. The molecular weight excluding hydrogens is 460 g/mol. The number of carbonyl (C=O) groups is 1. The Labute approximate surface area is 206 Å². The summed E-state index contributed by atoms with van der Waals surface area (Å²) in [7, 11) is 1.42. The van der Waals surface area contributed by atoms with Gasteiger partial charge in [-0.2, -0.15) is 10.1 Å². The van der Waals surface area contributed by atoms with Crippen molar-refractivity contribution in [1.29, 1.82) is 0 Å². The largest absolute Gasteiger partial charge is 0.505 e. The average molecular weight is 483 g/mol. The third-order valence-electron chi connectivity index (χ3n) is 5.83. The van der Waals surface area contributed by atoms with Gasteiger partial charge in [-0.05, 0) is 65.2 Å². The minimum Gasteiger partial charge on any atom is -0.505 e. The fourth-order valence-electron chi connectivity index (χ4n) is 3.74. The Bertz CT molecular complexity index is 1510. The third kappa shape index (κ3) is 4.13. The van der Waals surface area contributed by atoms with Gasteiger partial charge in [-0.15, -0.1) is 10.2 Å². The van der Waals surface area contributed by atoms with Crippen molar-refractivity contribution < 1.29 is 14.6 Å². The van der Waals surface area contributed by atoms with Crippen LogP contribution in [0.2, 0.25) is 0 Å². The summed E-state index contributed by atoms with van der Waals surface area (Å²) in [5.41, 5.74) is 7.89. The van der Waals surface area contributed by atoms with E-state index in [9.17, 15) is 9.90 Å². The number of amides is 1. The number of phenols is 1. The molecule has 0 unspecified atom stereocenters. The first kappa shape index (κ1) is 22.7. The van der Waals surface area contributed by atoms with Crippen LogP contribution in [0, 0.1) is 13.8 Å². The molecule has 11 nitrogen and oxygen atoms in total. The van der Waals surface area contributed by atoms with E-state index >= 15 is 0 Å². The number of aryl methyl sites for hydroxylation is 2. The van der Waals surface area contributed by atoms with E-state index in [2.05, 4.69) is 36.3 Å². The number of methoxy groups -OCH3 is 1. The van der Waals surface area contributed by atoms with Crippen LogP contribution in [0.15, 0.2) is 70.9 Å². The summed E-state index contributed by atoms with van der Waals surface area (Å²) in [5.74, 6) is 0.0832. The van der Waals surface area contributed by atoms with E-state index in [1.165, 1.54) is 12.1 Å². The first-order valence-electron chi connectivity index (χ1n) is 11.0. The highest BCUT2D eigenvalue weighted by molar-refractivity contribution is 6.70. The van der Waals surface area contributed by atoms with Gasteiger partial charge in [-0.25, -0.2) is 5.10 Å². The summed E-state index contributed by atoms with van der Waals surface area (Å²) in [4.78, 5) is 13.1. The minimum absolute atomic E-state index is 0.0136. The van der Waals surface area contributed by atoms with Gasteiger partial charge >= 0.3 is 5.91 Å². The summed E-state index contributed by atoms with van der Waals surface area (Å²) in [5, 5.41) is 34.6. The highest BCUT2D eigenvalue weighted by Gasteiger charge is 2.34. The van der Waals surface area contributed by atoms with Crippen LogP contribution in [0.25, 0.3) is 22.5 Å². The molecule has 11 heteroatoms. The Morgan fingerprint density at radius 2 is 1.83 bits per heavy atom. The molecule has 0 bridgehead atoms. The molecule has 1 aliphatic rings. The first-order valence-corrected chi connectivity index (χ1v) is 11.0. The predicted octanol–water partition coefficient (Wildman–Crippen LogP) is 3.63. The second-order valence-corrected chi connectivity index (χ2v) is 8.10. The van der Waals surface area contributed by atoms with Crippen molar-refractivity contribution in [2.45, 2.75) is 13.8 Å². The molecule has 3 aromatic carbocycles. The van der Waals surface area contributed by atoms with Gasteiger partial charge in [0.05, 0.1) is 18.5 Å². The summed E-state index contributed by atoms with van der Waals surface area (Å²) >= 11 is 0. The van der Waals surface area contributed by atoms with Gasteiger partial charge in [-0.1, -0.05) is 36.4 Å². The van der Waals surface area contributed by atoms with Crippen molar-refractivity contribution in [3.63, 3.8) is 0 Å². The molecule has 36 heavy (non-hydrogen) atoms. The van der Waals surface area contributed by atoms with Crippen LogP contribution in [0.3, 0.4) is 0 Å². The number of benzene rings is 3. The average Bonchev–Trinajstić information content (AvgIpc) is 3.54. The van der Waals surface area contributed by atoms with E-state index in [0.717, 1.165) is 22.3 Å². The van der Waals surface area contributed by atoms with E-state index in [1.54, 1.807) is 18.2 Å². The normalized spacial score (nSPS) is 14.3. The second kappa shape index (κ2) is 9.29. The van der Waals surface area contributed by atoms with Crippen molar-refractivity contribution in [3.05, 3.63) is 71.8 Å². The van der Waals surface area contributed by atoms with Crippen LogP contribution in [0.1, 0.15) is 11.1 Å². The molecular formula is C25H22N8O3. The quantitative estimate of drug-likeness (QED) is 0.291. The lowest BCUT2D eigenvalue weighted by Gasteiger charge is -2.13. The Hall–Kier alpha value is -5.06. The lowest BCUT2D eigenvalue weighted by molar-refractivity contribution is -0.112. The van der Waals surface area contributed by atoms with Gasteiger partial charge in [0.25, 0.3) is 5.90 Å². The van der Waals surface area contributed by atoms with E-state index in [-0.39, 0.29) is 17.4 Å². The molecule has 0 saturated heterocycles. The van der Waals surface area contributed by atoms with Gasteiger partial charge < -0.3 is 9.84 Å². The zero-order valence-electron chi connectivity index (χ0n) is 19.7. The standard InChI is InChI=1S/C25H22N8O3/c1-14-10-11-18(12-15(14)2)33-25(35)21(24(30-33)36-3)27-26-20-9-5-8-19(22(20)34)16-6-4-7-17(13-16)23-28-31-32-29-23/h4-13,26,34H,1-3H3,(H,28,29,31,32)/b27-21-. The maximum atomic E-state index is 13.1. The highest BCUT2D eigenvalue weighted by atomic mass is 16.5. The minimum atomic E-state index is -0.452. The van der Waals surface area contributed by atoms with Gasteiger partial charge in [0.1, 0.15) is 5.75 Å². The number of ether oxygens (including phenoxy) is 1. The van der Waals surface area contributed by atoms with Gasteiger partial charge in [0.15, 0.2) is 5.82 Å². The Morgan fingerprint density at radius 1 is 1.03 bits per heavy atom. The lowest BCUT2D eigenvalue weighted by atomic mass is 10.0. The molecule has 0 aliphatic carbocycles. The molecule has 4 aromatic rings. The van der Waals surface area contributed by atoms with E-state index in [0.29, 0.717) is 22.8 Å². The number of anilines is 2. The van der Waals surface area contributed by atoms with Crippen LogP contribution in [0.4, 0.5) is 11.4 Å². The smallest absolute Gasteiger partial charge is 0.304 e. The number of tetrazole rings is 1. The number of H-pyrrole nitrogens is 1. The third-order valence-corrected chi connectivity index (χ3v) is 5.83. The number of nitrogens with one attached hydrogen (secondary N) is 2. The SMILES string of the molecule is COC1=NN(c2ccc(C)c(C)c2)C(=O)/C1=N\Nc1cccc(-c2cccc(-c3nnn[nH]3)c2)c1O. The van der Waals surface area contributed by atoms with Crippen LogP contribution in [-0.2, 0) is 9.53 Å². The number of nitrogens with zero attached hydrogens (tertiary/aromatic N) is 6.